The number of hydrogen-bond donors (Lipinski definition) is 1. The fourth-order valence-corrected chi connectivity index (χ4v) is 3.92. The molecule has 0 atom stereocenters. The number of sulfonamides is 1. The Labute approximate surface area is 191 Å². The van der Waals surface area contributed by atoms with Gasteiger partial charge in [0.15, 0.2) is 0 Å². The normalized spacial score (nSPS) is 11.1. The van der Waals surface area contributed by atoms with Gasteiger partial charge in [-0.2, -0.15) is 0 Å². The van der Waals surface area contributed by atoms with E-state index in [4.69, 9.17) is 16.3 Å². The van der Waals surface area contributed by atoms with Gasteiger partial charge in [-0.15, -0.1) is 0 Å². The molecule has 3 aromatic carbocycles. The molecule has 0 unspecified atom stereocenters. The van der Waals surface area contributed by atoms with Crippen LogP contribution in [0.4, 0.5) is 10.1 Å². The van der Waals surface area contributed by atoms with Crippen molar-refractivity contribution in [1.29, 1.82) is 0 Å². The van der Waals surface area contributed by atoms with Gasteiger partial charge in [0.1, 0.15) is 18.2 Å². The van der Waals surface area contributed by atoms with Gasteiger partial charge in [-0.1, -0.05) is 23.7 Å². The molecule has 3 rings (SSSR count). The third-order valence-corrected chi connectivity index (χ3v) is 5.92. The Morgan fingerprint density at radius 3 is 2.22 bits per heavy atom. The number of anilines is 1. The van der Waals surface area contributed by atoms with E-state index in [2.05, 4.69) is 5.32 Å². The number of halogens is 2. The van der Waals surface area contributed by atoms with Crippen molar-refractivity contribution in [2.45, 2.75) is 6.54 Å². The van der Waals surface area contributed by atoms with Crippen molar-refractivity contribution in [3.05, 3.63) is 94.8 Å². The van der Waals surface area contributed by atoms with E-state index in [0.29, 0.717) is 22.0 Å². The number of nitrogens with zero attached hydrogens (tertiary/aromatic N) is 1. The minimum Gasteiger partial charge on any atom is -0.492 e. The van der Waals surface area contributed by atoms with Gasteiger partial charge < -0.3 is 10.1 Å². The molecule has 0 radical (unpaired) electrons. The highest BCUT2D eigenvalue weighted by atomic mass is 35.5. The monoisotopic (exact) mass is 476 g/mol. The molecule has 0 fully saturated rings. The molecule has 3 aromatic rings. The number of carbonyl (C=O) groups is 1. The quantitative estimate of drug-likeness (QED) is 0.468. The van der Waals surface area contributed by atoms with E-state index in [-0.39, 0.29) is 31.4 Å². The summed E-state index contributed by atoms with van der Waals surface area (Å²) >= 11 is 5.89. The van der Waals surface area contributed by atoms with Crippen LogP contribution in [-0.4, -0.2) is 33.7 Å². The number of nitrogens with one attached hydrogen (secondary N) is 1. The largest absolute Gasteiger partial charge is 0.492 e. The van der Waals surface area contributed by atoms with Crippen LogP contribution < -0.4 is 14.4 Å². The molecule has 0 aliphatic heterocycles. The van der Waals surface area contributed by atoms with E-state index in [0.717, 1.165) is 11.8 Å². The van der Waals surface area contributed by atoms with Gasteiger partial charge in [-0.05, 0) is 66.2 Å². The van der Waals surface area contributed by atoms with Crippen LogP contribution in [0.5, 0.6) is 5.75 Å². The second-order valence-electron chi connectivity index (χ2n) is 7.00. The lowest BCUT2D eigenvalue weighted by Gasteiger charge is -2.22. The molecular weight excluding hydrogens is 455 g/mol. The predicted octanol–water partition coefficient (Wildman–Crippen LogP) is 4.25. The van der Waals surface area contributed by atoms with Gasteiger partial charge in [0, 0.05) is 10.6 Å². The smallest absolute Gasteiger partial charge is 0.251 e. The summed E-state index contributed by atoms with van der Waals surface area (Å²) in [5, 5.41) is 3.25. The summed E-state index contributed by atoms with van der Waals surface area (Å²) in [7, 11) is -3.52. The van der Waals surface area contributed by atoms with Crippen LogP contribution in [-0.2, 0) is 16.6 Å². The van der Waals surface area contributed by atoms with Gasteiger partial charge in [0.05, 0.1) is 25.0 Å². The van der Waals surface area contributed by atoms with E-state index < -0.39 is 10.0 Å². The van der Waals surface area contributed by atoms with Gasteiger partial charge in [0.2, 0.25) is 10.0 Å². The molecule has 0 saturated heterocycles. The molecule has 6 nitrogen and oxygen atoms in total. The van der Waals surface area contributed by atoms with Gasteiger partial charge in [-0.25, -0.2) is 12.8 Å². The molecule has 0 aliphatic rings. The second kappa shape index (κ2) is 10.5. The summed E-state index contributed by atoms with van der Waals surface area (Å²) in [5.74, 6) is -0.111. The zero-order chi connectivity index (χ0) is 23.1. The van der Waals surface area contributed by atoms with Crippen molar-refractivity contribution >= 4 is 33.2 Å². The van der Waals surface area contributed by atoms with Crippen molar-refractivity contribution in [1.82, 2.24) is 5.32 Å². The zero-order valence-electron chi connectivity index (χ0n) is 17.3. The average molecular weight is 477 g/mol. The highest BCUT2D eigenvalue weighted by Gasteiger charge is 2.18. The molecule has 168 valence electrons. The molecule has 0 heterocycles. The van der Waals surface area contributed by atoms with Crippen LogP contribution in [0.3, 0.4) is 0 Å². The minimum atomic E-state index is -3.52. The van der Waals surface area contributed by atoms with E-state index in [1.54, 1.807) is 48.5 Å². The maximum atomic E-state index is 12.9. The highest BCUT2D eigenvalue weighted by molar-refractivity contribution is 7.92. The van der Waals surface area contributed by atoms with Crippen LogP contribution in [0.1, 0.15) is 15.9 Å². The van der Waals surface area contributed by atoms with E-state index >= 15 is 0 Å². The molecule has 0 bridgehead atoms. The Balaban J connectivity index is 1.56. The number of rotatable bonds is 9. The van der Waals surface area contributed by atoms with E-state index in [1.807, 2.05) is 0 Å². The standard InChI is InChI=1S/C23H22ClFN2O4S/c1-32(29,30)27(21-10-6-19(24)7-11-21)16-17-2-4-18(5-3-17)23(28)26-14-15-31-22-12-8-20(25)9-13-22/h2-13H,14-16H2,1H3,(H,26,28). The predicted molar refractivity (Wildman–Crippen MR) is 123 cm³/mol. The Morgan fingerprint density at radius 1 is 1.00 bits per heavy atom. The molecule has 1 amide bonds. The molecule has 0 aromatic heterocycles. The van der Waals surface area contributed by atoms with Crippen LogP contribution in [0.15, 0.2) is 72.8 Å². The molecule has 1 N–H and O–H groups in total. The summed E-state index contributed by atoms with van der Waals surface area (Å²) in [5.41, 5.74) is 1.66. The fourth-order valence-electron chi connectivity index (χ4n) is 2.90. The maximum absolute atomic E-state index is 12.9. The van der Waals surface area contributed by atoms with E-state index in [9.17, 15) is 17.6 Å². The molecule has 0 spiro atoms. The third kappa shape index (κ3) is 6.70. The Morgan fingerprint density at radius 2 is 1.62 bits per heavy atom. The lowest BCUT2D eigenvalue weighted by Crippen LogP contribution is -2.29. The lowest BCUT2D eigenvalue weighted by atomic mass is 10.1. The first-order valence-electron chi connectivity index (χ1n) is 9.71. The topological polar surface area (TPSA) is 75.7 Å². The fraction of sp³-hybridized carbons (Fsp3) is 0.174. The van der Waals surface area contributed by atoms with Crippen molar-refractivity contribution in [2.24, 2.45) is 0 Å². The summed E-state index contributed by atoms with van der Waals surface area (Å²) in [6.07, 6.45) is 1.14. The van der Waals surface area contributed by atoms with Gasteiger partial charge in [-0.3, -0.25) is 9.10 Å². The highest BCUT2D eigenvalue weighted by Crippen LogP contribution is 2.23. The van der Waals surface area contributed by atoms with Gasteiger partial charge in [0.25, 0.3) is 5.91 Å². The first-order chi connectivity index (χ1) is 15.2. The summed E-state index contributed by atoms with van der Waals surface area (Å²) in [6, 6.07) is 18.8. The number of amides is 1. The number of benzene rings is 3. The summed E-state index contributed by atoms with van der Waals surface area (Å²) in [4.78, 5) is 12.3. The Kier molecular flexibility index (Phi) is 7.71. The lowest BCUT2D eigenvalue weighted by molar-refractivity contribution is 0.0947. The van der Waals surface area contributed by atoms with Crippen LogP contribution in [0.2, 0.25) is 5.02 Å². The SMILES string of the molecule is CS(=O)(=O)N(Cc1ccc(C(=O)NCCOc2ccc(F)cc2)cc1)c1ccc(Cl)cc1. The first-order valence-corrected chi connectivity index (χ1v) is 11.9. The number of carbonyl (C=O) groups excluding carboxylic acids is 1. The minimum absolute atomic E-state index is 0.119. The van der Waals surface area contributed by atoms with Crippen molar-refractivity contribution < 1.29 is 22.3 Å². The Hall–Kier alpha value is -3.10. The molecule has 0 aliphatic carbocycles. The first kappa shape index (κ1) is 23.6. The third-order valence-electron chi connectivity index (χ3n) is 4.53. The van der Waals surface area contributed by atoms with Gasteiger partial charge >= 0.3 is 0 Å². The van der Waals surface area contributed by atoms with Crippen LogP contribution >= 0.6 is 11.6 Å². The second-order valence-corrected chi connectivity index (χ2v) is 9.34. The number of hydrogen-bond acceptors (Lipinski definition) is 4. The molecular formula is C23H22ClFN2O4S. The molecule has 32 heavy (non-hydrogen) atoms. The van der Waals surface area contributed by atoms with Crippen LogP contribution in [0, 0.1) is 5.82 Å². The van der Waals surface area contributed by atoms with E-state index in [1.165, 1.54) is 28.6 Å². The molecule has 0 saturated carbocycles. The van der Waals surface area contributed by atoms with Crippen LogP contribution in [0.25, 0.3) is 0 Å². The maximum Gasteiger partial charge on any atom is 0.251 e. The number of ether oxygens (including phenoxy) is 1. The summed E-state index contributed by atoms with van der Waals surface area (Å²) in [6.45, 7) is 0.629. The average Bonchev–Trinajstić information content (AvgIpc) is 2.76. The van der Waals surface area contributed by atoms with Crippen molar-refractivity contribution in [3.63, 3.8) is 0 Å². The molecule has 9 heteroatoms. The Bertz CT molecular complexity index is 1150. The zero-order valence-corrected chi connectivity index (χ0v) is 18.9. The van der Waals surface area contributed by atoms with Crippen molar-refractivity contribution in [2.75, 3.05) is 23.7 Å². The summed E-state index contributed by atoms with van der Waals surface area (Å²) < 4.78 is 44.1. The van der Waals surface area contributed by atoms with Crippen molar-refractivity contribution in [3.8, 4) is 5.75 Å².